The summed E-state index contributed by atoms with van der Waals surface area (Å²) < 4.78 is 5.98. The lowest BCUT2D eigenvalue weighted by Gasteiger charge is -2.07. The van der Waals surface area contributed by atoms with E-state index in [-0.39, 0.29) is 5.56 Å². The highest BCUT2D eigenvalue weighted by atomic mass is 35.5. The number of aromatic carboxylic acids is 1. The van der Waals surface area contributed by atoms with Crippen molar-refractivity contribution in [1.29, 1.82) is 0 Å². The van der Waals surface area contributed by atoms with Crippen LogP contribution in [-0.4, -0.2) is 11.1 Å². The number of carbonyl (C=O) groups is 1. The molecule has 0 unspecified atom stereocenters. The summed E-state index contributed by atoms with van der Waals surface area (Å²) in [5.74, 6) is -1.02. The van der Waals surface area contributed by atoms with Crippen molar-refractivity contribution in [3.8, 4) is 11.1 Å². The average molecular weight is 323 g/mol. The zero-order valence-electron chi connectivity index (χ0n) is 11.9. The molecule has 0 bridgehead atoms. The van der Waals surface area contributed by atoms with Crippen LogP contribution >= 0.6 is 11.6 Å². The number of furan rings is 1. The number of fused-ring (bicyclic) bond motifs is 3. The van der Waals surface area contributed by atoms with Crippen molar-refractivity contribution in [3.63, 3.8) is 0 Å². The van der Waals surface area contributed by atoms with Gasteiger partial charge in [0, 0.05) is 26.9 Å². The molecule has 23 heavy (non-hydrogen) atoms. The van der Waals surface area contributed by atoms with Crippen molar-refractivity contribution < 1.29 is 14.3 Å². The molecular weight excluding hydrogens is 312 g/mol. The first-order valence-corrected chi connectivity index (χ1v) is 7.46. The van der Waals surface area contributed by atoms with Gasteiger partial charge in [-0.2, -0.15) is 0 Å². The highest BCUT2D eigenvalue weighted by Gasteiger charge is 2.17. The zero-order chi connectivity index (χ0) is 16.0. The van der Waals surface area contributed by atoms with E-state index in [0.717, 1.165) is 21.9 Å². The molecule has 1 heterocycles. The third-order valence-electron chi connectivity index (χ3n) is 3.91. The second-order valence-electron chi connectivity index (χ2n) is 5.28. The Morgan fingerprint density at radius 1 is 0.913 bits per heavy atom. The second kappa shape index (κ2) is 5.14. The highest BCUT2D eigenvalue weighted by molar-refractivity contribution is 6.31. The van der Waals surface area contributed by atoms with Crippen molar-refractivity contribution >= 4 is 39.5 Å². The van der Waals surface area contributed by atoms with Crippen molar-refractivity contribution in [1.82, 2.24) is 0 Å². The van der Waals surface area contributed by atoms with Crippen LogP contribution in [-0.2, 0) is 0 Å². The third-order valence-corrected chi connectivity index (χ3v) is 4.14. The summed E-state index contributed by atoms with van der Waals surface area (Å²) in [6.07, 6.45) is 0. The van der Waals surface area contributed by atoms with Gasteiger partial charge in [0.2, 0.25) is 0 Å². The SMILES string of the molecule is O=C(O)c1cc(Cl)ccc1-c1cccc2c1oc1ccccc12. The molecule has 1 N–H and O–H groups in total. The van der Waals surface area contributed by atoms with Crippen LogP contribution < -0.4 is 0 Å². The van der Waals surface area contributed by atoms with E-state index in [2.05, 4.69) is 0 Å². The van der Waals surface area contributed by atoms with E-state index in [9.17, 15) is 9.90 Å². The fourth-order valence-corrected chi connectivity index (χ4v) is 3.06. The first-order valence-electron chi connectivity index (χ1n) is 7.08. The lowest BCUT2D eigenvalue weighted by Crippen LogP contribution is -1.99. The van der Waals surface area contributed by atoms with E-state index in [4.69, 9.17) is 16.0 Å². The van der Waals surface area contributed by atoms with Gasteiger partial charge in [-0.1, -0.05) is 54.1 Å². The van der Waals surface area contributed by atoms with Gasteiger partial charge in [-0.15, -0.1) is 0 Å². The molecule has 4 heteroatoms. The Kier molecular flexibility index (Phi) is 3.10. The van der Waals surface area contributed by atoms with Crippen LogP contribution in [0.1, 0.15) is 10.4 Å². The molecule has 0 saturated carbocycles. The van der Waals surface area contributed by atoms with Crippen LogP contribution in [0.3, 0.4) is 0 Å². The first kappa shape index (κ1) is 13.9. The number of hydrogen-bond acceptors (Lipinski definition) is 2. The van der Waals surface area contributed by atoms with E-state index in [0.29, 0.717) is 16.2 Å². The molecule has 0 atom stereocenters. The normalized spacial score (nSPS) is 11.2. The Bertz CT molecular complexity index is 1060. The second-order valence-corrected chi connectivity index (χ2v) is 5.71. The summed E-state index contributed by atoms with van der Waals surface area (Å²) in [5, 5.41) is 11.8. The van der Waals surface area contributed by atoms with Crippen molar-refractivity contribution in [2.24, 2.45) is 0 Å². The summed E-state index contributed by atoms with van der Waals surface area (Å²) >= 11 is 5.94. The van der Waals surface area contributed by atoms with Gasteiger partial charge < -0.3 is 9.52 Å². The van der Waals surface area contributed by atoms with Gasteiger partial charge in [0.15, 0.2) is 0 Å². The van der Waals surface area contributed by atoms with Crippen molar-refractivity contribution in [3.05, 3.63) is 71.2 Å². The molecule has 112 valence electrons. The Balaban J connectivity index is 2.09. The van der Waals surface area contributed by atoms with Crippen LogP contribution in [0.25, 0.3) is 33.1 Å². The van der Waals surface area contributed by atoms with Crippen LogP contribution in [0.2, 0.25) is 5.02 Å². The molecule has 3 nitrogen and oxygen atoms in total. The predicted molar refractivity (Wildman–Crippen MR) is 91.1 cm³/mol. The van der Waals surface area contributed by atoms with Gasteiger partial charge in [-0.05, 0) is 18.2 Å². The minimum atomic E-state index is -1.02. The number of hydrogen-bond donors (Lipinski definition) is 1. The van der Waals surface area contributed by atoms with Gasteiger partial charge >= 0.3 is 5.97 Å². The summed E-state index contributed by atoms with van der Waals surface area (Å²) in [4.78, 5) is 11.6. The molecule has 0 fully saturated rings. The summed E-state index contributed by atoms with van der Waals surface area (Å²) in [5.41, 5.74) is 2.95. The van der Waals surface area contributed by atoms with Crippen molar-refractivity contribution in [2.45, 2.75) is 0 Å². The van der Waals surface area contributed by atoms with Gasteiger partial charge in [-0.25, -0.2) is 4.79 Å². The molecule has 1 aromatic heterocycles. The molecule has 0 aliphatic rings. The van der Waals surface area contributed by atoms with Gasteiger partial charge in [0.05, 0.1) is 5.56 Å². The van der Waals surface area contributed by atoms with Crippen LogP contribution in [0.5, 0.6) is 0 Å². The van der Waals surface area contributed by atoms with E-state index in [1.807, 2.05) is 42.5 Å². The average Bonchev–Trinajstić information content (AvgIpc) is 2.93. The van der Waals surface area contributed by atoms with Gasteiger partial charge in [0.1, 0.15) is 11.2 Å². The summed E-state index contributed by atoms with van der Waals surface area (Å²) in [6.45, 7) is 0. The van der Waals surface area contributed by atoms with E-state index in [1.165, 1.54) is 6.07 Å². The number of benzene rings is 3. The van der Waals surface area contributed by atoms with Crippen LogP contribution in [0.4, 0.5) is 0 Å². The first-order chi connectivity index (χ1) is 11.1. The lowest BCUT2D eigenvalue weighted by atomic mass is 9.97. The molecule has 4 aromatic rings. The maximum atomic E-state index is 11.6. The van der Waals surface area contributed by atoms with Gasteiger partial charge in [-0.3, -0.25) is 0 Å². The Morgan fingerprint density at radius 3 is 2.52 bits per heavy atom. The minimum absolute atomic E-state index is 0.158. The number of halogens is 1. The largest absolute Gasteiger partial charge is 0.478 e. The molecule has 0 spiro atoms. The third kappa shape index (κ3) is 2.17. The fraction of sp³-hybridized carbons (Fsp3) is 0. The molecule has 0 radical (unpaired) electrons. The molecule has 0 amide bonds. The predicted octanol–water partition coefficient (Wildman–Crippen LogP) is 5.60. The standard InChI is InChI=1S/C19H11ClO3/c20-11-8-9-12(16(10-11)19(21)22)14-5-3-6-15-13-4-1-2-7-17(13)23-18(14)15/h1-10H,(H,21,22). The van der Waals surface area contributed by atoms with E-state index in [1.54, 1.807) is 12.1 Å². The van der Waals surface area contributed by atoms with Crippen molar-refractivity contribution in [2.75, 3.05) is 0 Å². The van der Waals surface area contributed by atoms with Crippen LogP contribution in [0, 0.1) is 0 Å². The Hall–Kier alpha value is -2.78. The van der Waals surface area contributed by atoms with E-state index >= 15 is 0 Å². The lowest BCUT2D eigenvalue weighted by molar-refractivity contribution is 0.0697. The number of rotatable bonds is 2. The molecular formula is C19H11ClO3. The maximum absolute atomic E-state index is 11.6. The monoisotopic (exact) mass is 322 g/mol. The molecule has 4 rings (SSSR count). The Morgan fingerprint density at radius 2 is 1.70 bits per heavy atom. The molecule has 3 aromatic carbocycles. The smallest absolute Gasteiger partial charge is 0.336 e. The van der Waals surface area contributed by atoms with Gasteiger partial charge in [0.25, 0.3) is 0 Å². The molecule has 0 saturated heterocycles. The maximum Gasteiger partial charge on any atom is 0.336 e. The fourth-order valence-electron chi connectivity index (χ4n) is 2.89. The summed E-state index contributed by atoms with van der Waals surface area (Å²) in [7, 11) is 0. The summed E-state index contributed by atoms with van der Waals surface area (Å²) in [6, 6.07) is 18.4. The van der Waals surface area contributed by atoms with Crippen LogP contribution in [0.15, 0.2) is 65.1 Å². The molecule has 0 aliphatic carbocycles. The highest BCUT2D eigenvalue weighted by Crippen LogP contribution is 2.37. The number of carboxylic acid groups (broad SMARTS) is 1. The number of carboxylic acids is 1. The molecule has 0 aliphatic heterocycles. The zero-order valence-corrected chi connectivity index (χ0v) is 12.7. The Labute approximate surface area is 136 Å². The number of para-hydroxylation sites is 2. The van der Waals surface area contributed by atoms with E-state index < -0.39 is 5.97 Å². The minimum Gasteiger partial charge on any atom is -0.478 e. The topological polar surface area (TPSA) is 50.4 Å². The quantitative estimate of drug-likeness (QED) is 0.522.